The van der Waals surface area contributed by atoms with E-state index in [4.69, 9.17) is 9.47 Å². The van der Waals surface area contributed by atoms with Gasteiger partial charge in [0.15, 0.2) is 0 Å². The molecule has 0 aliphatic heterocycles. The summed E-state index contributed by atoms with van der Waals surface area (Å²) in [6.07, 6.45) is 20.2. The monoisotopic (exact) mass is 546 g/mol. The number of hydrogen-bond acceptors (Lipinski definition) is 3. The van der Waals surface area contributed by atoms with Gasteiger partial charge in [-0.15, -0.1) is 0 Å². The van der Waals surface area contributed by atoms with E-state index in [-0.39, 0.29) is 17.5 Å². The third-order valence-corrected chi connectivity index (χ3v) is 12.1. The van der Waals surface area contributed by atoms with Gasteiger partial charge in [0.1, 0.15) is 11.9 Å². The molecule has 0 spiro atoms. The lowest BCUT2D eigenvalue weighted by Crippen LogP contribution is -2.51. The second kappa shape index (κ2) is 12.1. The molecule has 1 aromatic rings. The van der Waals surface area contributed by atoms with Crippen molar-refractivity contribution in [2.45, 2.75) is 111 Å². The normalized spacial score (nSPS) is 36.0. The van der Waals surface area contributed by atoms with E-state index >= 15 is 0 Å². The molecule has 8 atom stereocenters. The molecule has 40 heavy (non-hydrogen) atoms. The second-order valence-electron chi connectivity index (χ2n) is 14.7. The summed E-state index contributed by atoms with van der Waals surface area (Å²) in [4.78, 5) is 12.7. The molecule has 5 rings (SSSR count). The molecule has 4 aliphatic carbocycles. The molecule has 1 aromatic carbocycles. The number of ether oxygens (including phenoxy) is 2. The summed E-state index contributed by atoms with van der Waals surface area (Å²) < 4.78 is 11.2. The highest BCUT2D eigenvalue weighted by Gasteiger charge is 2.59. The number of esters is 1. The first-order valence-corrected chi connectivity index (χ1v) is 16.4. The largest absolute Gasteiger partial charge is 0.497 e. The number of allylic oxidation sites excluding steroid dienone is 1. The van der Waals surface area contributed by atoms with Gasteiger partial charge in [0.05, 0.1) is 7.11 Å². The Balaban J connectivity index is 1.20. The Bertz CT molecular complexity index is 1080. The van der Waals surface area contributed by atoms with Crippen LogP contribution in [0.25, 0.3) is 6.08 Å². The molecule has 3 heteroatoms. The Morgan fingerprint density at radius 2 is 1.77 bits per heavy atom. The first-order valence-electron chi connectivity index (χ1n) is 16.4. The smallest absolute Gasteiger partial charge is 0.331 e. The lowest BCUT2D eigenvalue weighted by molar-refractivity contribution is -0.145. The predicted octanol–water partition coefficient (Wildman–Crippen LogP) is 9.66. The average molecular weight is 547 g/mol. The third kappa shape index (κ3) is 5.82. The van der Waals surface area contributed by atoms with Crippen LogP contribution in [0.1, 0.15) is 111 Å². The zero-order chi connectivity index (χ0) is 28.5. The summed E-state index contributed by atoms with van der Waals surface area (Å²) in [5, 5.41) is 0. The molecule has 0 heterocycles. The van der Waals surface area contributed by atoms with E-state index in [0.717, 1.165) is 66.1 Å². The van der Waals surface area contributed by atoms with Crippen LogP contribution in [0.3, 0.4) is 0 Å². The molecule has 0 radical (unpaired) electrons. The molecule has 0 saturated heterocycles. The van der Waals surface area contributed by atoms with Gasteiger partial charge in [-0.05, 0) is 115 Å². The minimum absolute atomic E-state index is 0.000276. The highest BCUT2D eigenvalue weighted by molar-refractivity contribution is 5.87. The minimum Gasteiger partial charge on any atom is -0.497 e. The first-order chi connectivity index (χ1) is 19.1. The van der Waals surface area contributed by atoms with Crippen LogP contribution < -0.4 is 4.74 Å². The molecule has 0 bridgehead atoms. The fraction of sp³-hybridized carbons (Fsp3) is 0.703. The fourth-order valence-electron chi connectivity index (χ4n) is 9.84. The van der Waals surface area contributed by atoms with Gasteiger partial charge in [-0.3, -0.25) is 0 Å². The Morgan fingerprint density at radius 1 is 1.00 bits per heavy atom. The van der Waals surface area contributed by atoms with E-state index < -0.39 is 0 Å². The molecule has 3 saturated carbocycles. The molecule has 0 amide bonds. The summed E-state index contributed by atoms with van der Waals surface area (Å²) in [5.41, 5.74) is 3.37. The standard InChI is InChI=1S/C37H54O3/c1-25(2)8-7-9-26(3)32-17-18-33-31-16-13-28-24-30(20-22-36(28,4)34(31)21-23-37(32,33)5)40-35(38)19-12-27-10-14-29(39-6)15-11-27/h10-15,19,25-26,30-34H,7-9,16-18,20-24H2,1-6H3/b19-12+/t26-,30+,31+,32-,33+,34+,36+,37-/m1/s1. The van der Waals surface area contributed by atoms with Crippen LogP contribution in [-0.4, -0.2) is 19.2 Å². The summed E-state index contributed by atoms with van der Waals surface area (Å²) >= 11 is 0. The zero-order valence-electron chi connectivity index (χ0n) is 26.1. The van der Waals surface area contributed by atoms with E-state index in [1.807, 2.05) is 30.3 Å². The highest BCUT2D eigenvalue weighted by atomic mass is 16.5. The Kier molecular flexibility index (Phi) is 8.89. The topological polar surface area (TPSA) is 35.5 Å². The highest BCUT2D eigenvalue weighted by Crippen LogP contribution is 2.67. The number of methoxy groups -OCH3 is 1. The number of rotatable bonds is 9. The number of fused-ring (bicyclic) bond motifs is 5. The van der Waals surface area contributed by atoms with Crippen molar-refractivity contribution in [1.29, 1.82) is 0 Å². The fourth-order valence-corrected chi connectivity index (χ4v) is 9.84. The zero-order valence-corrected chi connectivity index (χ0v) is 26.1. The van der Waals surface area contributed by atoms with Crippen molar-refractivity contribution >= 4 is 12.0 Å². The summed E-state index contributed by atoms with van der Waals surface area (Å²) in [6, 6.07) is 7.72. The van der Waals surface area contributed by atoms with E-state index in [2.05, 4.69) is 40.7 Å². The number of carbonyl (C=O) groups is 1. The first kappa shape index (κ1) is 29.5. The maximum absolute atomic E-state index is 12.7. The summed E-state index contributed by atoms with van der Waals surface area (Å²) in [7, 11) is 1.66. The van der Waals surface area contributed by atoms with Crippen LogP contribution >= 0.6 is 0 Å². The van der Waals surface area contributed by atoms with Crippen molar-refractivity contribution in [2.75, 3.05) is 7.11 Å². The van der Waals surface area contributed by atoms with Gasteiger partial charge >= 0.3 is 5.97 Å². The molecular weight excluding hydrogens is 492 g/mol. The van der Waals surface area contributed by atoms with Gasteiger partial charge in [0.25, 0.3) is 0 Å². The van der Waals surface area contributed by atoms with Crippen molar-refractivity contribution < 1.29 is 14.3 Å². The van der Waals surface area contributed by atoms with Gasteiger partial charge in [-0.25, -0.2) is 4.79 Å². The van der Waals surface area contributed by atoms with E-state index in [9.17, 15) is 4.79 Å². The van der Waals surface area contributed by atoms with E-state index in [0.29, 0.717) is 5.41 Å². The molecule has 3 nitrogen and oxygen atoms in total. The van der Waals surface area contributed by atoms with Crippen molar-refractivity contribution in [1.82, 2.24) is 0 Å². The van der Waals surface area contributed by atoms with E-state index in [1.54, 1.807) is 18.8 Å². The third-order valence-electron chi connectivity index (χ3n) is 12.1. The van der Waals surface area contributed by atoms with Crippen molar-refractivity contribution in [3.63, 3.8) is 0 Å². The van der Waals surface area contributed by atoms with Gasteiger partial charge in [-0.1, -0.05) is 77.7 Å². The molecule has 220 valence electrons. The van der Waals surface area contributed by atoms with Gasteiger partial charge in [-0.2, -0.15) is 0 Å². The summed E-state index contributed by atoms with van der Waals surface area (Å²) in [5.74, 6) is 5.70. The molecule has 0 N–H and O–H groups in total. The Morgan fingerprint density at radius 3 is 2.50 bits per heavy atom. The number of benzene rings is 1. The SMILES string of the molecule is COc1ccc(/C=C/C(=O)O[C@H]2CC[C@@]3(C)C(=CC[C@H]4[C@@H]5CC[C@H]([C@H](C)CCCC(C)C)[C@@]5(C)CC[C@@H]43)C2)cc1. The van der Waals surface area contributed by atoms with Gasteiger partial charge in [0, 0.05) is 12.5 Å². The minimum atomic E-state index is -0.230. The van der Waals surface area contributed by atoms with Crippen molar-refractivity contribution in [2.24, 2.45) is 46.3 Å². The Labute approximate surface area is 244 Å². The summed E-state index contributed by atoms with van der Waals surface area (Å²) in [6.45, 7) is 12.5. The molecule has 0 aromatic heterocycles. The lowest BCUT2D eigenvalue weighted by Gasteiger charge is -2.58. The molecule has 4 aliphatic rings. The van der Waals surface area contributed by atoms with Crippen molar-refractivity contribution in [3.05, 3.63) is 47.6 Å². The van der Waals surface area contributed by atoms with E-state index in [1.165, 1.54) is 51.4 Å². The number of hydrogen-bond donors (Lipinski definition) is 0. The van der Waals surface area contributed by atoms with Gasteiger partial charge in [0.2, 0.25) is 0 Å². The average Bonchev–Trinajstić information content (AvgIpc) is 3.29. The maximum atomic E-state index is 12.7. The molecule has 3 fully saturated rings. The number of carbonyl (C=O) groups excluding carboxylic acids is 1. The van der Waals surface area contributed by atoms with Gasteiger partial charge < -0.3 is 9.47 Å². The van der Waals surface area contributed by atoms with Crippen LogP contribution in [0.15, 0.2) is 42.0 Å². The molecular formula is C37H54O3. The second-order valence-corrected chi connectivity index (χ2v) is 14.7. The van der Waals surface area contributed by atoms with Crippen LogP contribution in [0.4, 0.5) is 0 Å². The van der Waals surface area contributed by atoms with Crippen LogP contribution in [0.2, 0.25) is 0 Å². The quantitative estimate of drug-likeness (QED) is 0.176. The predicted molar refractivity (Wildman–Crippen MR) is 165 cm³/mol. The maximum Gasteiger partial charge on any atom is 0.331 e. The lowest BCUT2D eigenvalue weighted by atomic mass is 9.47. The molecule has 0 unspecified atom stereocenters. The van der Waals surface area contributed by atoms with Crippen molar-refractivity contribution in [3.8, 4) is 5.75 Å². The van der Waals surface area contributed by atoms with Crippen LogP contribution in [0, 0.1) is 46.3 Å². The van der Waals surface area contributed by atoms with Crippen LogP contribution in [-0.2, 0) is 9.53 Å². The Hall–Kier alpha value is -2.03. The van der Waals surface area contributed by atoms with Crippen LogP contribution in [0.5, 0.6) is 5.75 Å².